The Bertz CT molecular complexity index is 539. The van der Waals surface area contributed by atoms with E-state index in [2.05, 4.69) is 71.0 Å². The normalized spacial score (nSPS) is 11.1. The van der Waals surface area contributed by atoms with Gasteiger partial charge in [0.1, 0.15) is 0 Å². The third-order valence-corrected chi connectivity index (χ3v) is 4.53. The number of hydrogen-bond donors (Lipinski definition) is 0. The van der Waals surface area contributed by atoms with Crippen molar-refractivity contribution < 1.29 is 0 Å². The van der Waals surface area contributed by atoms with E-state index in [0.29, 0.717) is 5.92 Å². The SMILES string of the molecule is CCc1c(C)cccc1C(C)c1cccc(C)c1CC. The molecule has 0 aliphatic carbocycles. The van der Waals surface area contributed by atoms with Crippen molar-refractivity contribution >= 4 is 0 Å². The number of rotatable bonds is 4. The van der Waals surface area contributed by atoms with E-state index in [0.717, 1.165) is 12.8 Å². The molecule has 2 rings (SSSR count). The van der Waals surface area contributed by atoms with Crippen LogP contribution in [0.5, 0.6) is 0 Å². The van der Waals surface area contributed by atoms with E-state index < -0.39 is 0 Å². The maximum absolute atomic E-state index is 2.35. The molecule has 0 aliphatic heterocycles. The van der Waals surface area contributed by atoms with Crippen LogP contribution >= 0.6 is 0 Å². The molecule has 0 spiro atoms. The molecule has 0 atom stereocenters. The lowest BCUT2D eigenvalue weighted by Gasteiger charge is -2.21. The number of benzene rings is 2. The molecule has 0 fully saturated rings. The fourth-order valence-corrected chi connectivity index (χ4v) is 3.39. The Morgan fingerprint density at radius 3 is 1.50 bits per heavy atom. The Balaban J connectivity index is 2.55. The number of hydrogen-bond acceptors (Lipinski definition) is 0. The molecule has 0 radical (unpaired) electrons. The molecule has 0 heterocycles. The van der Waals surface area contributed by atoms with Crippen LogP contribution in [0.4, 0.5) is 0 Å². The van der Waals surface area contributed by atoms with Crippen LogP contribution in [-0.4, -0.2) is 0 Å². The third kappa shape index (κ3) is 2.65. The Hall–Kier alpha value is -1.56. The molecule has 0 N–H and O–H groups in total. The van der Waals surface area contributed by atoms with E-state index in [4.69, 9.17) is 0 Å². The molecule has 0 aromatic heterocycles. The standard InChI is InChI=1S/C20H26/c1-6-17-14(3)10-8-12-19(17)16(5)20-13-9-11-15(4)18(20)7-2/h8-13,16H,6-7H2,1-5H3. The second-order valence-electron chi connectivity index (χ2n) is 5.71. The van der Waals surface area contributed by atoms with Crippen molar-refractivity contribution in [1.29, 1.82) is 0 Å². The molecule has 0 bridgehead atoms. The van der Waals surface area contributed by atoms with Crippen molar-refractivity contribution in [3.8, 4) is 0 Å². The van der Waals surface area contributed by atoms with E-state index in [9.17, 15) is 0 Å². The Morgan fingerprint density at radius 2 is 1.15 bits per heavy atom. The first-order chi connectivity index (χ1) is 9.60. The van der Waals surface area contributed by atoms with Gasteiger partial charge in [-0.25, -0.2) is 0 Å². The molecule has 0 saturated carbocycles. The van der Waals surface area contributed by atoms with Gasteiger partial charge in [0.25, 0.3) is 0 Å². The number of aryl methyl sites for hydroxylation is 2. The minimum absolute atomic E-state index is 0.472. The van der Waals surface area contributed by atoms with Crippen LogP contribution in [0.2, 0.25) is 0 Å². The highest BCUT2D eigenvalue weighted by molar-refractivity contribution is 5.45. The third-order valence-electron chi connectivity index (χ3n) is 4.53. The molecule has 0 unspecified atom stereocenters. The molecular weight excluding hydrogens is 240 g/mol. The van der Waals surface area contributed by atoms with Gasteiger partial charge >= 0.3 is 0 Å². The van der Waals surface area contributed by atoms with E-state index in [1.807, 2.05) is 0 Å². The zero-order chi connectivity index (χ0) is 14.7. The predicted molar refractivity (Wildman–Crippen MR) is 88.6 cm³/mol. The van der Waals surface area contributed by atoms with E-state index in [-0.39, 0.29) is 0 Å². The first-order valence-corrected chi connectivity index (χ1v) is 7.76. The fraction of sp³-hybridized carbons (Fsp3) is 0.400. The molecule has 2 aromatic carbocycles. The molecule has 0 aliphatic rings. The van der Waals surface area contributed by atoms with Crippen molar-refractivity contribution in [2.24, 2.45) is 0 Å². The van der Waals surface area contributed by atoms with Crippen LogP contribution in [0.1, 0.15) is 60.1 Å². The van der Waals surface area contributed by atoms with Gasteiger partial charge < -0.3 is 0 Å². The zero-order valence-electron chi connectivity index (χ0n) is 13.5. The van der Waals surface area contributed by atoms with Gasteiger partial charge in [0, 0.05) is 5.92 Å². The van der Waals surface area contributed by atoms with Gasteiger partial charge in [-0.2, -0.15) is 0 Å². The van der Waals surface area contributed by atoms with E-state index in [1.54, 1.807) is 0 Å². The van der Waals surface area contributed by atoms with Gasteiger partial charge in [0.2, 0.25) is 0 Å². The smallest absolute Gasteiger partial charge is 0.00666 e. The van der Waals surface area contributed by atoms with E-state index in [1.165, 1.54) is 33.4 Å². The van der Waals surface area contributed by atoms with Crippen LogP contribution in [0, 0.1) is 13.8 Å². The summed E-state index contributed by atoms with van der Waals surface area (Å²) in [6.07, 6.45) is 2.22. The van der Waals surface area contributed by atoms with Crippen LogP contribution in [0.15, 0.2) is 36.4 Å². The minimum atomic E-state index is 0.472. The zero-order valence-corrected chi connectivity index (χ0v) is 13.5. The van der Waals surface area contributed by atoms with Crippen LogP contribution in [0.3, 0.4) is 0 Å². The summed E-state index contributed by atoms with van der Waals surface area (Å²) in [5.74, 6) is 0.472. The van der Waals surface area contributed by atoms with Gasteiger partial charge in [0.05, 0.1) is 0 Å². The van der Waals surface area contributed by atoms with E-state index >= 15 is 0 Å². The molecule has 2 aromatic rings. The molecular formula is C20H26. The van der Waals surface area contributed by atoms with Crippen molar-refractivity contribution in [2.75, 3.05) is 0 Å². The lowest BCUT2D eigenvalue weighted by molar-refractivity contribution is 0.862. The van der Waals surface area contributed by atoms with Crippen molar-refractivity contribution in [1.82, 2.24) is 0 Å². The quantitative estimate of drug-likeness (QED) is 0.677. The summed E-state index contributed by atoms with van der Waals surface area (Å²) in [5, 5.41) is 0. The first kappa shape index (κ1) is 14.8. The van der Waals surface area contributed by atoms with Gasteiger partial charge in [-0.1, -0.05) is 57.2 Å². The van der Waals surface area contributed by atoms with Crippen LogP contribution in [0.25, 0.3) is 0 Å². The van der Waals surface area contributed by atoms with Gasteiger partial charge in [-0.15, -0.1) is 0 Å². The van der Waals surface area contributed by atoms with Crippen molar-refractivity contribution in [2.45, 2.75) is 53.4 Å². The van der Waals surface area contributed by atoms with Crippen LogP contribution in [-0.2, 0) is 12.8 Å². The average Bonchev–Trinajstić information content (AvgIpc) is 2.46. The highest BCUT2D eigenvalue weighted by atomic mass is 14.2. The summed E-state index contributed by atoms with van der Waals surface area (Å²) >= 11 is 0. The summed E-state index contributed by atoms with van der Waals surface area (Å²) in [7, 11) is 0. The van der Waals surface area contributed by atoms with Gasteiger partial charge in [0.15, 0.2) is 0 Å². The summed E-state index contributed by atoms with van der Waals surface area (Å²) in [4.78, 5) is 0. The maximum atomic E-state index is 2.35. The van der Waals surface area contributed by atoms with Crippen molar-refractivity contribution in [3.05, 3.63) is 69.8 Å². The van der Waals surface area contributed by atoms with Crippen molar-refractivity contribution in [3.63, 3.8) is 0 Å². The summed E-state index contributed by atoms with van der Waals surface area (Å²) in [6, 6.07) is 13.5. The van der Waals surface area contributed by atoms with Gasteiger partial charge in [-0.05, 0) is 60.1 Å². The first-order valence-electron chi connectivity index (χ1n) is 7.76. The molecule has 0 nitrogen and oxygen atoms in total. The largest absolute Gasteiger partial charge is 0.0617 e. The fourth-order valence-electron chi connectivity index (χ4n) is 3.39. The Morgan fingerprint density at radius 1 is 0.750 bits per heavy atom. The topological polar surface area (TPSA) is 0 Å². The summed E-state index contributed by atoms with van der Waals surface area (Å²) < 4.78 is 0. The molecule has 20 heavy (non-hydrogen) atoms. The molecule has 106 valence electrons. The molecule has 0 heteroatoms. The summed E-state index contributed by atoms with van der Waals surface area (Å²) in [6.45, 7) is 11.3. The minimum Gasteiger partial charge on any atom is -0.0617 e. The maximum Gasteiger partial charge on any atom is 0.00666 e. The average molecular weight is 266 g/mol. The summed E-state index contributed by atoms with van der Waals surface area (Å²) in [5.41, 5.74) is 8.86. The lowest BCUT2D eigenvalue weighted by Crippen LogP contribution is -2.06. The van der Waals surface area contributed by atoms with Crippen LogP contribution < -0.4 is 0 Å². The Kier molecular flexibility index (Phi) is 4.65. The second kappa shape index (κ2) is 6.26. The second-order valence-corrected chi connectivity index (χ2v) is 5.71. The highest BCUT2D eigenvalue weighted by Crippen LogP contribution is 2.32. The van der Waals surface area contributed by atoms with Gasteiger partial charge in [-0.3, -0.25) is 0 Å². The predicted octanol–water partition coefficient (Wildman–Crippen LogP) is 5.58. The lowest BCUT2D eigenvalue weighted by atomic mass is 9.83. The molecule has 0 saturated heterocycles. The monoisotopic (exact) mass is 266 g/mol. The molecule has 0 amide bonds. The Labute approximate surface area is 123 Å². The highest BCUT2D eigenvalue weighted by Gasteiger charge is 2.16.